The van der Waals surface area contributed by atoms with Crippen molar-refractivity contribution < 1.29 is 27.6 Å². The van der Waals surface area contributed by atoms with Crippen LogP contribution < -0.4 is 15.4 Å². The van der Waals surface area contributed by atoms with Crippen molar-refractivity contribution in [1.82, 2.24) is 0 Å². The van der Waals surface area contributed by atoms with Crippen molar-refractivity contribution in [2.75, 3.05) is 17.2 Å². The molecule has 1 amide bonds. The number of amides is 1. The summed E-state index contributed by atoms with van der Waals surface area (Å²) in [5, 5.41) is 16.3. The van der Waals surface area contributed by atoms with E-state index >= 15 is 0 Å². The first kappa shape index (κ1) is 16.6. The Labute approximate surface area is 138 Å². The van der Waals surface area contributed by atoms with E-state index in [0.717, 1.165) is 12.1 Å². The SMILES string of the molecule is O=C1COc2ccc(Nc3ccc(C(F)(F)F)cc3[N+](=O)[O-])cc2N1. The van der Waals surface area contributed by atoms with Crippen molar-refractivity contribution in [3.8, 4) is 5.75 Å². The second-order valence-corrected chi connectivity index (χ2v) is 5.16. The minimum absolute atomic E-state index is 0.110. The Morgan fingerprint density at radius 2 is 1.96 bits per heavy atom. The van der Waals surface area contributed by atoms with Crippen LogP contribution in [-0.2, 0) is 11.0 Å². The Kier molecular flexibility index (Phi) is 3.95. The predicted octanol–water partition coefficient (Wildman–Crippen LogP) is 3.69. The maximum absolute atomic E-state index is 12.7. The summed E-state index contributed by atoms with van der Waals surface area (Å²) in [6.45, 7) is -0.121. The molecule has 3 rings (SSSR count). The van der Waals surface area contributed by atoms with Crippen LogP contribution >= 0.6 is 0 Å². The number of anilines is 3. The van der Waals surface area contributed by atoms with Gasteiger partial charge in [-0.1, -0.05) is 0 Å². The summed E-state index contributed by atoms with van der Waals surface area (Å²) < 4.78 is 43.3. The van der Waals surface area contributed by atoms with Crippen LogP contribution in [0, 0.1) is 10.1 Å². The van der Waals surface area contributed by atoms with Gasteiger partial charge in [-0.25, -0.2) is 0 Å². The molecule has 0 spiro atoms. The number of rotatable bonds is 3. The third kappa shape index (κ3) is 3.47. The number of alkyl halides is 3. The van der Waals surface area contributed by atoms with E-state index in [0.29, 0.717) is 23.2 Å². The van der Waals surface area contributed by atoms with Gasteiger partial charge in [-0.15, -0.1) is 0 Å². The highest BCUT2D eigenvalue weighted by Gasteiger charge is 2.33. The number of nitrogens with one attached hydrogen (secondary N) is 2. The maximum atomic E-state index is 12.7. The average molecular weight is 353 g/mol. The molecule has 2 aromatic carbocycles. The number of hydrogen-bond acceptors (Lipinski definition) is 5. The zero-order valence-corrected chi connectivity index (χ0v) is 12.4. The number of carbonyl (C=O) groups excluding carboxylic acids is 1. The van der Waals surface area contributed by atoms with Crippen molar-refractivity contribution in [2.24, 2.45) is 0 Å². The molecule has 10 heteroatoms. The second-order valence-electron chi connectivity index (χ2n) is 5.16. The van der Waals surface area contributed by atoms with Crippen molar-refractivity contribution >= 4 is 28.7 Å². The van der Waals surface area contributed by atoms with Crippen LogP contribution in [0.25, 0.3) is 0 Å². The molecule has 2 N–H and O–H groups in total. The lowest BCUT2D eigenvalue weighted by atomic mass is 10.1. The van der Waals surface area contributed by atoms with E-state index in [1.54, 1.807) is 0 Å². The van der Waals surface area contributed by atoms with Crippen LogP contribution in [0.5, 0.6) is 5.75 Å². The van der Waals surface area contributed by atoms with Crippen molar-refractivity contribution in [1.29, 1.82) is 0 Å². The van der Waals surface area contributed by atoms with Crippen LogP contribution in [0.15, 0.2) is 36.4 Å². The minimum atomic E-state index is -4.68. The molecular formula is C15H10F3N3O4. The number of carbonyl (C=O) groups is 1. The Hall–Kier alpha value is -3.30. The van der Waals surface area contributed by atoms with Crippen molar-refractivity contribution in [3.05, 3.63) is 52.1 Å². The smallest absolute Gasteiger partial charge is 0.416 e. The van der Waals surface area contributed by atoms with Crippen molar-refractivity contribution in [3.63, 3.8) is 0 Å². The van der Waals surface area contributed by atoms with Crippen molar-refractivity contribution in [2.45, 2.75) is 6.18 Å². The largest absolute Gasteiger partial charge is 0.482 e. The highest BCUT2D eigenvalue weighted by Crippen LogP contribution is 2.37. The van der Waals surface area contributed by atoms with Gasteiger partial charge in [0.15, 0.2) is 6.61 Å². The number of fused-ring (bicyclic) bond motifs is 1. The number of benzene rings is 2. The lowest BCUT2D eigenvalue weighted by Crippen LogP contribution is -2.25. The summed E-state index contributed by atoms with van der Waals surface area (Å²) in [5.74, 6) is 0.0669. The van der Waals surface area contributed by atoms with Gasteiger partial charge in [0.1, 0.15) is 11.4 Å². The summed E-state index contributed by atoms with van der Waals surface area (Å²) in [5.41, 5.74) is -1.24. The van der Waals surface area contributed by atoms with Crippen LogP contribution in [0.1, 0.15) is 5.56 Å². The molecule has 1 aliphatic heterocycles. The standard InChI is InChI=1S/C15H10F3N3O4/c16-15(17,18)8-1-3-10(12(5-8)21(23)24)19-9-2-4-13-11(6-9)20-14(22)7-25-13/h1-6,19H,7H2,(H,20,22). The Morgan fingerprint density at radius 3 is 2.64 bits per heavy atom. The molecule has 130 valence electrons. The first-order valence-corrected chi connectivity index (χ1v) is 6.93. The highest BCUT2D eigenvalue weighted by atomic mass is 19.4. The summed E-state index contributed by atoms with van der Waals surface area (Å²) in [4.78, 5) is 21.5. The van der Waals surface area contributed by atoms with Crippen LogP contribution in [-0.4, -0.2) is 17.4 Å². The normalized spacial score (nSPS) is 13.5. The number of halogens is 3. The first-order valence-electron chi connectivity index (χ1n) is 6.93. The maximum Gasteiger partial charge on any atom is 0.416 e. The molecule has 25 heavy (non-hydrogen) atoms. The second kappa shape index (κ2) is 5.96. The molecular weight excluding hydrogens is 343 g/mol. The average Bonchev–Trinajstić information content (AvgIpc) is 2.53. The van der Waals surface area contributed by atoms with Gasteiger partial charge in [0.2, 0.25) is 0 Å². The fourth-order valence-electron chi connectivity index (χ4n) is 2.28. The Bertz CT molecular complexity index is 868. The molecule has 0 aliphatic carbocycles. The van der Waals surface area contributed by atoms with Crippen LogP contribution in [0.2, 0.25) is 0 Å². The molecule has 1 heterocycles. The molecule has 0 saturated heterocycles. The van der Waals surface area contributed by atoms with Crippen LogP contribution in [0.4, 0.5) is 35.9 Å². The third-order valence-electron chi connectivity index (χ3n) is 3.41. The number of nitro benzene ring substituents is 1. The fraction of sp³-hybridized carbons (Fsp3) is 0.133. The van der Waals surface area contributed by atoms with Gasteiger partial charge < -0.3 is 15.4 Å². The topological polar surface area (TPSA) is 93.5 Å². The van der Waals surface area contributed by atoms with Gasteiger partial charge in [-0.3, -0.25) is 14.9 Å². The molecule has 0 atom stereocenters. The summed E-state index contributed by atoms with van der Waals surface area (Å²) in [6, 6.07) is 6.72. The number of ether oxygens (including phenoxy) is 1. The molecule has 0 fully saturated rings. The summed E-state index contributed by atoms with van der Waals surface area (Å²) in [6.07, 6.45) is -4.68. The monoisotopic (exact) mass is 353 g/mol. The predicted molar refractivity (Wildman–Crippen MR) is 81.9 cm³/mol. The van der Waals surface area contributed by atoms with Gasteiger partial charge in [0.05, 0.1) is 16.2 Å². The minimum Gasteiger partial charge on any atom is -0.482 e. The lowest BCUT2D eigenvalue weighted by molar-refractivity contribution is -0.384. The number of nitrogens with zero attached hydrogens (tertiary/aromatic N) is 1. The molecule has 7 nitrogen and oxygen atoms in total. The Morgan fingerprint density at radius 1 is 1.20 bits per heavy atom. The quantitative estimate of drug-likeness (QED) is 0.648. The van der Waals surface area contributed by atoms with E-state index in [9.17, 15) is 28.1 Å². The lowest BCUT2D eigenvalue weighted by Gasteiger charge is -2.19. The van der Waals surface area contributed by atoms with E-state index in [1.165, 1.54) is 18.2 Å². The van der Waals surface area contributed by atoms with E-state index in [1.807, 2.05) is 0 Å². The van der Waals surface area contributed by atoms with E-state index < -0.39 is 22.4 Å². The molecule has 2 aromatic rings. The van der Waals surface area contributed by atoms with Crippen LogP contribution in [0.3, 0.4) is 0 Å². The molecule has 0 aromatic heterocycles. The van der Waals surface area contributed by atoms with E-state index in [2.05, 4.69) is 10.6 Å². The third-order valence-corrected chi connectivity index (χ3v) is 3.41. The highest BCUT2D eigenvalue weighted by molar-refractivity contribution is 5.96. The van der Waals surface area contributed by atoms with Gasteiger partial charge >= 0.3 is 6.18 Å². The Balaban J connectivity index is 1.94. The zero-order valence-electron chi connectivity index (χ0n) is 12.4. The van der Waals surface area contributed by atoms with Gasteiger partial charge in [-0.05, 0) is 30.3 Å². The van der Waals surface area contributed by atoms with E-state index in [4.69, 9.17) is 4.74 Å². The molecule has 0 unspecified atom stereocenters. The molecule has 1 aliphatic rings. The summed E-state index contributed by atoms with van der Waals surface area (Å²) >= 11 is 0. The molecule has 0 saturated carbocycles. The summed E-state index contributed by atoms with van der Waals surface area (Å²) in [7, 11) is 0. The first-order chi connectivity index (χ1) is 11.7. The van der Waals surface area contributed by atoms with Gasteiger partial charge in [-0.2, -0.15) is 13.2 Å². The zero-order chi connectivity index (χ0) is 18.2. The van der Waals surface area contributed by atoms with Gasteiger partial charge in [0, 0.05) is 11.8 Å². The van der Waals surface area contributed by atoms with Gasteiger partial charge in [0.25, 0.3) is 11.6 Å². The molecule has 0 bridgehead atoms. The number of nitro groups is 1. The fourth-order valence-corrected chi connectivity index (χ4v) is 2.28. The molecule has 0 radical (unpaired) electrons. The van der Waals surface area contributed by atoms with E-state index in [-0.39, 0.29) is 18.2 Å². The number of hydrogen-bond donors (Lipinski definition) is 2.